The summed E-state index contributed by atoms with van der Waals surface area (Å²) in [6.45, 7) is 1.76. The summed E-state index contributed by atoms with van der Waals surface area (Å²) >= 11 is 0. The quantitative estimate of drug-likeness (QED) is 0.866. The van der Waals surface area contributed by atoms with E-state index in [4.69, 9.17) is 0 Å². The number of aromatic nitrogens is 4. The summed E-state index contributed by atoms with van der Waals surface area (Å²) in [6, 6.07) is 0. The van der Waals surface area contributed by atoms with Crippen LogP contribution in [0.3, 0.4) is 0 Å². The van der Waals surface area contributed by atoms with E-state index in [0.29, 0.717) is 28.7 Å². The summed E-state index contributed by atoms with van der Waals surface area (Å²) in [6.07, 6.45) is 7.69. The fraction of sp³-hybridized carbons (Fsp3) is 0.143. The Kier molecular flexibility index (Phi) is 2.59. The third-order valence-corrected chi connectivity index (χ3v) is 3.37. The molecule has 0 bridgehead atoms. The van der Waals surface area contributed by atoms with E-state index in [9.17, 15) is 9.50 Å². The molecule has 2 aromatic rings. The molecule has 110 valence electrons. The van der Waals surface area contributed by atoms with Crippen molar-refractivity contribution in [2.75, 3.05) is 6.54 Å². The number of allylic oxidation sites excluding steroid dienone is 3. The zero-order chi connectivity index (χ0) is 15.3. The van der Waals surface area contributed by atoms with Crippen molar-refractivity contribution in [2.45, 2.75) is 6.92 Å². The number of aliphatic hydroxyl groups is 1. The molecule has 4 rings (SSSR count). The van der Waals surface area contributed by atoms with Crippen molar-refractivity contribution in [3.05, 3.63) is 59.5 Å². The number of aliphatic hydroxyl groups excluding tert-OH is 1. The van der Waals surface area contributed by atoms with Crippen molar-refractivity contribution in [2.24, 2.45) is 4.99 Å². The van der Waals surface area contributed by atoms with E-state index in [-0.39, 0.29) is 18.3 Å². The number of hydrogen-bond donors (Lipinski definition) is 1. The van der Waals surface area contributed by atoms with E-state index in [2.05, 4.69) is 20.1 Å². The molecule has 7 nitrogen and oxygen atoms in total. The van der Waals surface area contributed by atoms with Crippen LogP contribution in [0.2, 0.25) is 0 Å². The highest BCUT2D eigenvalue weighted by Gasteiger charge is 2.24. The van der Waals surface area contributed by atoms with E-state index in [1.165, 1.54) is 23.1 Å². The van der Waals surface area contributed by atoms with Crippen molar-refractivity contribution in [3.8, 4) is 0 Å². The van der Waals surface area contributed by atoms with Gasteiger partial charge in [-0.05, 0) is 19.1 Å². The summed E-state index contributed by atoms with van der Waals surface area (Å²) in [7, 11) is 0. The van der Waals surface area contributed by atoms with Crippen molar-refractivity contribution < 1.29 is 9.50 Å². The van der Waals surface area contributed by atoms with E-state index >= 15 is 0 Å². The smallest absolute Gasteiger partial charge is 0.252 e. The summed E-state index contributed by atoms with van der Waals surface area (Å²) < 4.78 is 14.8. The van der Waals surface area contributed by atoms with Gasteiger partial charge in [0.15, 0.2) is 5.88 Å². The third-order valence-electron chi connectivity index (χ3n) is 3.37. The molecule has 0 aromatic carbocycles. The van der Waals surface area contributed by atoms with Gasteiger partial charge in [0.2, 0.25) is 0 Å². The number of halogens is 1. The third kappa shape index (κ3) is 1.96. The van der Waals surface area contributed by atoms with Crippen molar-refractivity contribution in [3.63, 3.8) is 0 Å². The van der Waals surface area contributed by atoms with E-state index < -0.39 is 0 Å². The molecule has 2 aliphatic rings. The van der Waals surface area contributed by atoms with Gasteiger partial charge in [0.25, 0.3) is 5.78 Å². The molecule has 4 heterocycles. The predicted octanol–water partition coefficient (Wildman–Crippen LogP) is 1.65. The first-order valence-corrected chi connectivity index (χ1v) is 6.63. The second-order valence-corrected chi connectivity index (χ2v) is 4.97. The molecule has 0 saturated carbocycles. The molecule has 0 fully saturated rings. The summed E-state index contributed by atoms with van der Waals surface area (Å²) in [5.41, 5.74) is 1.21. The number of aliphatic imine (C=N–C) groups is 1. The molecular weight excluding hydrogens is 287 g/mol. The first kappa shape index (κ1) is 12.7. The Labute approximate surface area is 124 Å². The number of rotatable bonds is 1. The standard InChI is InChI=1S/C14H11FN6O/c1-8-17-14-16-5-9(6-21(14)19-8)11-4-13(22)20-7-10(15)2-3-12(20)18-11/h2-6,22H,7H2,1H3. The lowest BCUT2D eigenvalue weighted by molar-refractivity contribution is 0.236. The van der Waals surface area contributed by atoms with Gasteiger partial charge in [-0.1, -0.05) is 0 Å². The maximum absolute atomic E-state index is 13.3. The summed E-state index contributed by atoms with van der Waals surface area (Å²) in [5, 5.41) is 14.3. The van der Waals surface area contributed by atoms with Crippen molar-refractivity contribution in [1.29, 1.82) is 0 Å². The lowest BCUT2D eigenvalue weighted by atomic mass is 10.1. The van der Waals surface area contributed by atoms with Gasteiger partial charge < -0.3 is 5.11 Å². The van der Waals surface area contributed by atoms with Crippen LogP contribution in [-0.2, 0) is 0 Å². The molecule has 0 spiro atoms. The molecule has 22 heavy (non-hydrogen) atoms. The number of aryl methyl sites for hydroxylation is 1. The number of nitrogens with zero attached hydrogens (tertiary/aromatic N) is 6. The predicted molar refractivity (Wildman–Crippen MR) is 76.7 cm³/mol. The zero-order valence-electron chi connectivity index (χ0n) is 11.6. The Bertz CT molecular complexity index is 907. The highest BCUT2D eigenvalue weighted by atomic mass is 19.1. The lowest BCUT2D eigenvalue weighted by Gasteiger charge is -2.28. The fourth-order valence-corrected chi connectivity index (χ4v) is 2.36. The van der Waals surface area contributed by atoms with Crippen LogP contribution in [0.4, 0.5) is 4.39 Å². The molecule has 0 amide bonds. The first-order chi connectivity index (χ1) is 10.6. The summed E-state index contributed by atoms with van der Waals surface area (Å²) in [4.78, 5) is 14.2. The maximum atomic E-state index is 13.3. The Morgan fingerprint density at radius 1 is 1.32 bits per heavy atom. The Hall–Kier alpha value is -3.03. The van der Waals surface area contributed by atoms with E-state index in [0.717, 1.165) is 0 Å². The van der Waals surface area contributed by atoms with Gasteiger partial charge in [0.05, 0.1) is 12.3 Å². The van der Waals surface area contributed by atoms with Crippen LogP contribution in [0.5, 0.6) is 0 Å². The summed E-state index contributed by atoms with van der Waals surface area (Å²) in [5.74, 6) is 1.20. The van der Waals surface area contributed by atoms with Crippen LogP contribution in [-0.4, -0.2) is 41.8 Å². The molecule has 8 heteroatoms. The first-order valence-electron chi connectivity index (χ1n) is 6.63. The van der Waals surface area contributed by atoms with Gasteiger partial charge in [-0.25, -0.2) is 18.9 Å². The SMILES string of the molecule is Cc1nc2ncc(C3=NC4=CC=C(F)CN4C(O)=C3)cn2n1. The normalized spacial score (nSPS) is 17.6. The van der Waals surface area contributed by atoms with Crippen LogP contribution in [0.25, 0.3) is 5.78 Å². The average molecular weight is 298 g/mol. The van der Waals surface area contributed by atoms with Crippen LogP contribution < -0.4 is 0 Å². The Balaban J connectivity index is 1.80. The van der Waals surface area contributed by atoms with Gasteiger partial charge in [-0.15, -0.1) is 0 Å². The lowest BCUT2D eigenvalue weighted by Crippen LogP contribution is -2.29. The van der Waals surface area contributed by atoms with Crippen LogP contribution in [0.15, 0.2) is 53.1 Å². The molecule has 1 N–H and O–H groups in total. The Morgan fingerprint density at radius 2 is 2.18 bits per heavy atom. The van der Waals surface area contributed by atoms with Gasteiger partial charge >= 0.3 is 0 Å². The highest BCUT2D eigenvalue weighted by molar-refractivity contribution is 6.09. The molecule has 0 radical (unpaired) electrons. The second kappa shape index (κ2) is 4.48. The van der Waals surface area contributed by atoms with Gasteiger partial charge in [0.1, 0.15) is 17.5 Å². The minimum Gasteiger partial charge on any atom is -0.494 e. The molecule has 2 aliphatic heterocycles. The molecule has 0 unspecified atom stereocenters. The van der Waals surface area contributed by atoms with Crippen molar-refractivity contribution >= 4 is 11.5 Å². The Morgan fingerprint density at radius 3 is 3.05 bits per heavy atom. The molecule has 2 aromatic heterocycles. The van der Waals surface area contributed by atoms with Crippen LogP contribution in [0, 0.1) is 6.92 Å². The fourth-order valence-electron chi connectivity index (χ4n) is 2.36. The van der Waals surface area contributed by atoms with Crippen LogP contribution in [0.1, 0.15) is 11.4 Å². The minimum atomic E-state index is -0.330. The van der Waals surface area contributed by atoms with Crippen LogP contribution >= 0.6 is 0 Å². The zero-order valence-corrected chi connectivity index (χ0v) is 11.6. The number of hydrogen-bond acceptors (Lipinski definition) is 6. The number of fused-ring (bicyclic) bond motifs is 2. The molecule has 0 saturated heterocycles. The maximum Gasteiger partial charge on any atom is 0.252 e. The highest BCUT2D eigenvalue weighted by Crippen LogP contribution is 2.25. The average Bonchev–Trinajstić information content (AvgIpc) is 2.87. The molecular formula is C14H11FN6O. The largest absolute Gasteiger partial charge is 0.494 e. The topological polar surface area (TPSA) is 78.9 Å². The van der Waals surface area contributed by atoms with E-state index in [1.54, 1.807) is 23.8 Å². The van der Waals surface area contributed by atoms with Gasteiger partial charge in [-0.3, -0.25) is 4.90 Å². The minimum absolute atomic E-state index is 0.0233. The van der Waals surface area contributed by atoms with Gasteiger partial charge in [0, 0.05) is 24.0 Å². The van der Waals surface area contributed by atoms with Gasteiger partial charge in [-0.2, -0.15) is 10.1 Å². The molecule has 0 aliphatic carbocycles. The molecule has 0 atom stereocenters. The monoisotopic (exact) mass is 298 g/mol. The van der Waals surface area contributed by atoms with Crippen molar-refractivity contribution in [1.82, 2.24) is 24.5 Å². The van der Waals surface area contributed by atoms with E-state index in [1.807, 2.05) is 0 Å². The second-order valence-electron chi connectivity index (χ2n) is 4.97.